The Labute approximate surface area is 120 Å². The molecule has 0 radical (unpaired) electrons. The van der Waals surface area contributed by atoms with Gasteiger partial charge in [-0.15, -0.1) is 0 Å². The molecule has 0 spiro atoms. The molecule has 0 bridgehead atoms. The van der Waals surface area contributed by atoms with Crippen molar-refractivity contribution in [3.63, 3.8) is 0 Å². The van der Waals surface area contributed by atoms with Gasteiger partial charge >= 0.3 is 0 Å². The molecule has 110 valence electrons. The Morgan fingerprint density at radius 1 is 1.25 bits per heavy atom. The third kappa shape index (κ3) is 3.30. The van der Waals surface area contributed by atoms with Crippen LogP contribution in [0.1, 0.15) is 19.8 Å². The van der Waals surface area contributed by atoms with E-state index in [1.807, 2.05) is 6.07 Å². The number of hydrogen-bond acceptors (Lipinski definition) is 6. The number of nitrogens with two attached hydrogens (primary N) is 1. The van der Waals surface area contributed by atoms with Gasteiger partial charge in [-0.2, -0.15) is 9.97 Å². The number of nitrogens with zero attached hydrogens (tertiary/aromatic N) is 4. The summed E-state index contributed by atoms with van der Waals surface area (Å²) in [5.74, 6) is 3.07. The molecule has 1 aromatic heterocycles. The van der Waals surface area contributed by atoms with Gasteiger partial charge in [0.15, 0.2) is 0 Å². The van der Waals surface area contributed by atoms with Gasteiger partial charge < -0.3 is 16.0 Å². The van der Waals surface area contributed by atoms with Crippen molar-refractivity contribution in [2.45, 2.75) is 19.8 Å². The SMILES string of the molecule is CCNc1cc(N2CCN(CC3CC3)CC2)nc(N)n1. The maximum absolute atomic E-state index is 5.80. The van der Waals surface area contributed by atoms with E-state index in [0.29, 0.717) is 5.95 Å². The van der Waals surface area contributed by atoms with Gasteiger partial charge in [-0.25, -0.2) is 0 Å². The van der Waals surface area contributed by atoms with Crippen molar-refractivity contribution in [1.82, 2.24) is 14.9 Å². The van der Waals surface area contributed by atoms with Gasteiger partial charge in [0.05, 0.1) is 0 Å². The van der Waals surface area contributed by atoms with Crippen LogP contribution in [0, 0.1) is 5.92 Å². The number of aromatic nitrogens is 2. The smallest absolute Gasteiger partial charge is 0.223 e. The average Bonchev–Trinajstić information content (AvgIpc) is 3.23. The highest BCUT2D eigenvalue weighted by Crippen LogP contribution is 2.30. The quantitative estimate of drug-likeness (QED) is 0.837. The summed E-state index contributed by atoms with van der Waals surface area (Å²) in [4.78, 5) is 13.5. The van der Waals surface area contributed by atoms with E-state index in [1.54, 1.807) is 0 Å². The van der Waals surface area contributed by atoms with Crippen LogP contribution in [0.3, 0.4) is 0 Å². The van der Waals surface area contributed by atoms with Crippen LogP contribution in [-0.2, 0) is 0 Å². The summed E-state index contributed by atoms with van der Waals surface area (Å²) in [6.45, 7) is 8.46. The zero-order chi connectivity index (χ0) is 13.9. The van der Waals surface area contributed by atoms with Crippen LogP contribution in [-0.4, -0.2) is 54.1 Å². The molecule has 1 aliphatic carbocycles. The molecule has 2 aliphatic rings. The van der Waals surface area contributed by atoms with Crippen LogP contribution in [0.2, 0.25) is 0 Å². The molecule has 0 unspecified atom stereocenters. The molecular formula is C14H24N6. The second-order valence-electron chi connectivity index (χ2n) is 5.73. The first-order chi connectivity index (χ1) is 9.74. The first kappa shape index (κ1) is 13.4. The summed E-state index contributed by atoms with van der Waals surface area (Å²) < 4.78 is 0. The van der Waals surface area contributed by atoms with Crippen LogP contribution >= 0.6 is 0 Å². The van der Waals surface area contributed by atoms with E-state index in [0.717, 1.165) is 50.3 Å². The average molecular weight is 276 g/mol. The summed E-state index contributed by atoms with van der Waals surface area (Å²) in [6.07, 6.45) is 2.85. The Hall–Kier alpha value is -1.56. The van der Waals surface area contributed by atoms with Crippen molar-refractivity contribution in [2.24, 2.45) is 5.92 Å². The Balaban J connectivity index is 1.61. The van der Waals surface area contributed by atoms with E-state index in [2.05, 4.69) is 32.0 Å². The van der Waals surface area contributed by atoms with Gasteiger partial charge in [0, 0.05) is 45.3 Å². The van der Waals surface area contributed by atoms with E-state index in [1.165, 1.54) is 19.4 Å². The third-order valence-corrected chi connectivity index (χ3v) is 4.00. The lowest BCUT2D eigenvalue weighted by Crippen LogP contribution is -2.47. The van der Waals surface area contributed by atoms with Crippen molar-refractivity contribution in [1.29, 1.82) is 0 Å². The van der Waals surface area contributed by atoms with E-state index < -0.39 is 0 Å². The van der Waals surface area contributed by atoms with Crippen LogP contribution in [0.15, 0.2) is 6.07 Å². The van der Waals surface area contributed by atoms with Crippen LogP contribution < -0.4 is 16.0 Å². The maximum atomic E-state index is 5.80. The van der Waals surface area contributed by atoms with E-state index in [9.17, 15) is 0 Å². The molecule has 1 aromatic rings. The lowest BCUT2D eigenvalue weighted by atomic mass is 10.2. The summed E-state index contributed by atoms with van der Waals surface area (Å²) in [5, 5.41) is 3.20. The summed E-state index contributed by atoms with van der Waals surface area (Å²) in [5.41, 5.74) is 5.80. The fourth-order valence-corrected chi connectivity index (χ4v) is 2.71. The maximum Gasteiger partial charge on any atom is 0.223 e. The van der Waals surface area contributed by atoms with Gasteiger partial charge in [0.1, 0.15) is 11.6 Å². The first-order valence-corrected chi connectivity index (χ1v) is 7.60. The minimum Gasteiger partial charge on any atom is -0.370 e. The van der Waals surface area contributed by atoms with Gasteiger partial charge in [-0.1, -0.05) is 0 Å². The molecule has 0 aromatic carbocycles. The summed E-state index contributed by atoms with van der Waals surface area (Å²) in [6, 6.07) is 2.00. The molecule has 20 heavy (non-hydrogen) atoms. The molecule has 6 heteroatoms. The van der Waals surface area contributed by atoms with Crippen molar-refractivity contribution < 1.29 is 0 Å². The van der Waals surface area contributed by atoms with Crippen molar-refractivity contribution in [3.8, 4) is 0 Å². The minimum atomic E-state index is 0.346. The Morgan fingerprint density at radius 3 is 2.65 bits per heavy atom. The zero-order valence-electron chi connectivity index (χ0n) is 12.2. The number of nitrogens with one attached hydrogen (secondary N) is 1. The molecule has 2 fully saturated rings. The highest BCUT2D eigenvalue weighted by Gasteiger charge is 2.26. The third-order valence-electron chi connectivity index (χ3n) is 4.00. The molecule has 3 N–H and O–H groups in total. The minimum absolute atomic E-state index is 0.346. The molecule has 0 atom stereocenters. The molecule has 1 aliphatic heterocycles. The molecule has 1 saturated carbocycles. The highest BCUT2D eigenvalue weighted by atomic mass is 15.3. The standard InChI is InChI=1S/C14H24N6/c1-2-16-12-9-13(18-14(15)17-12)20-7-5-19(6-8-20)10-11-3-4-11/h9,11H,2-8,10H2,1H3,(H3,15,16,17,18). The number of hydrogen-bond donors (Lipinski definition) is 2. The fourth-order valence-electron chi connectivity index (χ4n) is 2.71. The second kappa shape index (κ2) is 5.83. The molecule has 1 saturated heterocycles. The fraction of sp³-hybridized carbons (Fsp3) is 0.714. The summed E-state index contributed by atoms with van der Waals surface area (Å²) >= 11 is 0. The molecule has 6 nitrogen and oxygen atoms in total. The zero-order valence-corrected chi connectivity index (χ0v) is 12.2. The van der Waals surface area contributed by atoms with Gasteiger partial charge in [0.2, 0.25) is 5.95 Å². The largest absolute Gasteiger partial charge is 0.370 e. The molecule has 3 rings (SSSR count). The number of nitrogen functional groups attached to an aromatic ring is 1. The Kier molecular flexibility index (Phi) is 3.91. The Bertz CT molecular complexity index is 451. The lowest BCUT2D eigenvalue weighted by molar-refractivity contribution is 0.247. The number of rotatable bonds is 5. The molecule has 0 amide bonds. The van der Waals surface area contributed by atoms with Crippen molar-refractivity contribution in [3.05, 3.63) is 6.07 Å². The first-order valence-electron chi connectivity index (χ1n) is 7.60. The Morgan fingerprint density at radius 2 is 2.00 bits per heavy atom. The highest BCUT2D eigenvalue weighted by molar-refractivity contribution is 5.52. The lowest BCUT2D eigenvalue weighted by Gasteiger charge is -2.35. The predicted octanol–water partition coefficient (Wildman–Crippen LogP) is 1.02. The van der Waals surface area contributed by atoms with E-state index in [4.69, 9.17) is 5.73 Å². The normalized spacial score (nSPS) is 20.1. The topological polar surface area (TPSA) is 70.3 Å². The van der Waals surface area contributed by atoms with Gasteiger partial charge in [-0.3, -0.25) is 4.90 Å². The molecular weight excluding hydrogens is 252 g/mol. The second-order valence-corrected chi connectivity index (χ2v) is 5.73. The molecule has 2 heterocycles. The van der Waals surface area contributed by atoms with Crippen LogP contribution in [0.25, 0.3) is 0 Å². The van der Waals surface area contributed by atoms with Crippen LogP contribution in [0.4, 0.5) is 17.6 Å². The van der Waals surface area contributed by atoms with Gasteiger partial charge in [-0.05, 0) is 25.7 Å². The van der Waals surface area contributed by atoms with Crippen molar-refractivity contribution in [2.75, 3.05) is 55.2 Å². The van der Waals surface area contributed by atoms with E-state index in [-0.39, 0.29) is 0 Å². The predicted molar refractivity (Wildman–Crippen MR) is 82.0 cm³/mol. The monoisotopic (exact) mass is 276 g/mol. The van der Waals surface area contributed by atoms with E-state index >= 15 is 0 Å². The van der Waals surface area contributed by atoms with Crippen molar-refractivity contribution >= 4 is 17.6 Å². The van der Waals surface area contributed by atoms with Crippen LogP contribution in [0.5, 0.6) is 0 Å². The number of anilines is 3. The number of piperazine rings is 1. The summed E-state index contributed by atoms with van der Waals surface area (Å²) in [7, 11) is 0. The van der Waals surface area contributed by atoms with Gasteiger partial charge in [0.25, 0.3) is 0 Å².